The number of nitrogens with one attached hydrogen (secondary N) is 1. The molecule has 3 fully saturated rings. The van der Waals surface area contributed by atoms with Crippen molar-refractivity contribution < 1.29 is 14.3 Å². The summed E-state index contributed by atoms with van der Waals surface area (Å²) in [6.07, 6.45) is 9.65. The third-order valence-electron chi connectivity index (χ3n) is 8.50. The molecule has 1 saturated carbocycles. The monoisotopic (exact) mass is 474 g/mol. The van der Waals surface area contributed by atoms with Gasteiger partial charge in [-0.3, -0.25) is 9.69 Å². The summed E-state index contributed by atoms with van der Waals surface area (Å²) >= 11 is 0. The van der Waals surface area contributed by atoms with Crippen molar-refractivity contribution in [1.82, 2.24) is 10.2 Å². The van der Waals surface area contributed by atoms with Gasteiger partial charge in [0, 0.05) is 37.8 Å². The lowest BCUT2D eigenvalue weighted by Crippen LogP contribution is -2.39. The Balaban J connectivity index is 1.00. The Kier molecular flexibility index (Phi) is 6.80. The molecule has 2 heterocycles. The van der Waals surface area contributed by atoms with Crippen molar-refractivity contribution in [3.05, 3.63) is 64.7 Å². The van der Waals surface area contributed by atoms with E-state index in [1.54, 1.807) is 0 Å². The van der Waals surface area contributed by atoms with Gasteiger partial charge >= 0.3 is 0 Å². The van der Waals surface area contributed by atoms with Gasteiger partial charge in [0.1, 0.15) is 12.4 Å². The summed E-state index contributed by atoms with van der Waals surface area (Å²) in [6, 6.07) is 14.7. The maximum absolute atomic E-state index is 12.9. The van der Waals surface area contributed by atoms with E-state index in [1.807, 2.05) is 24.3 Å². The largest absolute Gasteiger partial charge is 0.491 e. The maximum Gasteiger partial charge on any atom is 0.251 e. The third-order valence-corrected chi connectivity index (χ3v) is 8.50. The first-order valence-electron chi connectivity index (χ1n) is 13.7. The molecule has 5 nitrogen and oxygen atoms in total. The molecule has 5 heteroatoms. The molecular weight excluding hydrogens is 436 g/mol. The zero-order chi connectivity index (χ0) is 23.6. The molecular formula is C30H38N2O3. The highest BCUT2D eigenvalue weighted by Gasteiger charge is 2.32. The minimum absolute atomic E-state index is 0.000440. The van der Waals surface area contributed by atoms with Crippen LogP contribution in [0.15, 0.2) is 42.5 Å². The molecule has 4 aliphatic rings. The Bertz CT molecular complexity index is 1020. The molecule has 186 valence electrons. The molecule has 2 unspecified atom stereocenters. The van der Waals surface area contributed by atoms with E-state index in [2.05, 4.69) is 28.4 Å². The summed E-state index contributed by atoms with van der Waals surface area (Å²) in [5, 5.41) is 3.26. The van der Waals surface area contributed by atoms with Crippen LogP contribution >= 0.6 is 0 Å². The Hall–Kier alpha value is -2.37. The van der Waals surface area contributed by atoms with Gasteiger partial charge in [0.15, 0.2) is 0 Å². The summed E-state index contributed by atoms with van der Waals surface area (Å²) in [5.74, 6) is 2.66. The highest BCUT2D eigenvalue weighted by atomic mass is 16.5. The zero-order valence-corrected chi connectivity index (χ0v) is 20.7. The van der Waals surface area contributed by atoms with Crippen LogP contribution in [0.4, 0.5) is 0 Å². The molecule has 0 spiro atoms. The number of hydrogen-bond acceptors (Lipinski definition) is 4. The Labute approximate surface area is 209 Å². The van der Waals surface area contributed by atoms with E-state index in [9.17, 15) is 4.79 Å². The predicted octanol–water partition coefficient (Wildman–Crippen LogP) is 4.76. The van der Waals surface area contributed by atoms with Crippen molar-refractivity contribution in [2.75, 3.05) is 26.3 Å². The maximum atomic E-state index is 12.9. The van der Waals surface area contributed by atoms with Crippen LogP contribution in [0, 0.1) is 11.8 Å². The van der Waals surface area contributed by atoms with Crippen LogP contribution in [0.1, 0.15) is 65.6 Å². The summed E-state index contributed by atoms with van der Waals surface area (Å²) < 4.78 is 11.4. The zero-order valence-electron chi connectivity index (χ0n) is 20.7. The number of carbonyl (C=O) groups excluding carboxylic acids is 1. The lowest BCUT2D eigenvalue weighted by atomic mass is 9.87. The SMILES string of the molecule is O=C(N[C@H]1CCc2cc(CN3CC4CCC(C4)C3)ccc2C1)c1ccc(OC[C@@H]2CCCO2)cc1. The Morgan fingerprint density at radius 1 is 1.00 bits per heavy atom. The van der Waals surface area contributed by atoms with E-state index in [0.717, 1.165) is 62.8 Å². The van der Waals surface area contributed by atoms with Crippen LogP contribution in [0.5, 0.6) is 5.75 Å². The van der Waals surface area contributed by atoms with Gasteiger partial charge in [-0.15, -0.1) is 0 Å². The van der Waals surface area contributed by atoms with Crippen molar-refractivity contribution in [2.24, 2.45) is 11.8 Å². The molecule has 0 aromatic heterocycles. The second-order valence-corrected chi connectivity index (χ2v) is 11.2. The summed E-state index contributed by atoms with van der Waals surface area (Å²) in [5.41, 5.74) is 5.00. The highest BCUT2D eigenvalue weighted by Crippen LogP contribution is 2.37. The number of hydrogen-bond donors (Lipinski definition) is 1. The summed E-state index contributed by atoms with van der Waals surface area (Å²) in [4.78, 5) is 15.5. The molecule has 1 N–H and O–H groups in total. The van der Waals surface area contributed by atoms with Gasteiger partial charge < -0.3 is 14.8 Å². The minimum Gasteiger partial charge on any atom is -0.491 e. The first kappa shape index (κ1) is 23.1. The van der Waals surface area contributed by atoms with Crippen LogP contribution in [0.3, 0.4) is 0 Å². The van der Waals surface area contributed by atoms with Crippen molar-refractivity contribution in [2.45, 2.75) is 70.1 Å². The standard InChI is InChI=1S/C30H38N2O3/c33-30(24-8-11-28(12-9-24)35-20-29-2-1-13-34-29)31-27-10-7-25-15-23(5-6-26(25)16-27)19-32-17-21-3-4-22(14-21)18-32/h5-6,8-9,11-12,15,21-22,27,29H,1-4,7,10,13-14,16-20H2,(H,31,33)/t21?,22?,27-,29-/m0/s1. The molecule has 2 aromatic rings. The molecule has 6 rings (SSSR count). The van der Waals surface area contributed by atoms with Crippen molar-refractivity contribution in [3.63, 3.8) is 0 Å². The quantitative estimate of drug-likeness (QED) is 0.629. The van der Waals surface area contributed by atoms with Crippen LogP contribution in [-0.4, -0.2) is 49.3 Å². The number of carbonyl (C=O) groups is 1. The van der Waals surface area contributed by atoms with Crippen LogP contribution in [-0.2, 0) is 24.1 Å². The van der Waals surface area contributed by atoms with E-state index < -0.39 is 0 Å². The van der Waals surface area contributed by atoms with Crippen LogP contribution < -0.4 is 10.1 Å². The smallest absolute Gasteiger partial charge is 0.251 e. The van der Waals surface area contributed by atoms with Crippen LogP contribution in [0.2, 0.25) is 0 Å². The molecule has 2 aliphatic carbocycles. The van der Waals surface area contributed by atoms with E-state index >= 15 is 0 Å². The number of aryl methyl sites for hydroxylation is 1. The Morgan fingerprint density at radius 3 is 2.60 bits per heavy atom. The first-order valence-corrected chi connectivity index (χ1v) is 13.7. The fourth-order valence-electron chi connectivity index (χ4n) is 6.67. The lowest BCUT2D eigenvalue weighted by Gasteiger charge is -2.32. The van der Waals surface area contributed by atoms with Gasteiger partial charge in [0.05, 0.1) is 6.10 Å². The van der Waals surface area contributed by atoms with Crippen molar-refractivity contribution in [3.8, 4) is 5.75 Å². The van der Waals surface area contributed by atoms with Crippen LogP contribution in [0.25, 0.3) is 0 Å². The molecule has 35 heavy (non-hydrogen) atoms. The number of amides is 1. The number of rotatable bonds is 7. The Morgan fingerprint density at radius 2 is 1.83 bits per heavy atom. The molecule has 2 aliphatic heterocycles. The second kappa shape index (κ2) is 10.3. The van der Waals surface area contributed by atoms with E-state index in [1.165, 1.54) is 49.0 Å². The number of benzene rings is 2. The van der Waals surface area contributed by atoms with Gasteiger partial charge in [0.25, 0.3) is 5.91 Å². The molecule has 2 saturated heterocycles. The predicted molar refractivity (Wildman–Crippen MR) is 137 cm³/mol. The third kappa shape index (κ3) is 5.57. The normalized spacial score (nSPS) is 28.0. The average molecular weight is 475 g/mol. The first-order chi connectivity index (χ1) is 17.2. The average Bonchev–Trinajstić information content (AvgIpc) is 3.52. The minimum atomic E-state index is 0.000440. The number of ether oxygens (including phenoxy) is 2. The fraction of sp³-hybridized carbons (Fsp3) is 0.567. The lowest BCUT2D eigenvalue weighted by molar-refractivity contribution is 0.0679. The molecule has 4 atom stereocenters. The van der Waals surface area contributed by atoms with Gasteiger partial charge in [-0.2, -0.15) is 0 Å². The van der Waals surface area contributed by atoms with Crippen molar-refractivity contribution >= 4 is 5.91 Å². The number of likely N-dealkylation sites (tertiary alicyclic amines) is 1. The fourth-order valence-corrected chi connectivity index (χ4v) is 6.67. The summed E-state index contributed by atoms with van der Waals surface area (Å²) in [6.45, 7) is 5.06. The van der Waals surface area contributed by atoms with E-state index in [0.29, 0.717) is 12.2 Å². The summed E-state index contributed by atoms with van der Waals surface area (Å²) in [7, 11) is 0. The van der Waals surface area contributed by atoms with Gasteiger partial charge in [-0.1, -0.05) is 18.2 Å². The molecule has 2 aromatic carbocycles. The number of fused-ring (bicyclic) bond motifs is 3. The second-order valence-electron chi connectivity index (χ2n) is 11.2. The topological polar surface area (TPSA) is 50.8 Å². The number of nitrogens with zero attached hydrogens (tertiary/aromatic N) is 1. The number of piperidine rings is 1. The molecule has 2 bridgehead atoms. The van der Waals surface area contributed by atoms with Gasteiger partial charge in [-0.25, -0.2) is 0 Å². The van der Waals surface area contributed by atoms with E-state index in [4.69, 9.17) is 9.47 Å². The van der Waals surface area contributed by atoms with E-state index in [-0.39, 0.29) is 18.1 Å². The van der Waals surface area contributed by atoms with Gasteiger partial charge in [-0.05, 0) is 104 Å². The molecule has 0 radical (unpaired) electrons. The highest BCUT2D eigenvalue weighted by molar-refractivity contribution is 5.94. The van der Waals surface area contributed by atoms with Crippen molar-refractivity contribution in [1.29, 1.82) is 0 Å². The molecule has 1 amide bonds. The van der Waals surface area contributed by atoms with Gasteiger partial charge in [0.2, 0.25) is 0 Å².